The summed E-state index contributed by atoms with van der Waals surface area (Å²) in [7, 11) is 0. The molecule has 0 unspecified atom stereocenters. The van der Waals surface area contributed by atoms with E-state index in [4.69, 9.17) is 0 Å². The minimum absolute atomic E-state index is 0.207. The molecule has 1 N–H and O–H groups in total. The monoisotopic (exact) mass is 193 g/mol. The lowest BCUT2D eigenvalue weighted by Crippen LogP contribution is -2.14. The summed E-state index contributed by atoms with van der Waals surface area (Å²) in [6.07, 6.45) is 1.07. The second-order valence-electron chi connectivity index (χ2n) is 2.95. The third-order valence-corrected chi connectivity index (χ3v) is 1.79. The van der Waals surface area contributed by atoms with Crippen molar-refractivity contribution in [1.82, 2.24) is 14.8 Å². The van der Waals surface area contributed by atoms with Gasteiger partial charge in [-0.15, -0.1) is 0 Å². The Balaban J connectivity index is 2.54. The van der Waals surface area contributed by atoms with Gasteiger partial charge in [-0.25, -0.2) is 14.1 Å². The predicted molar refractivity (Wildman–Crippen MR) is 48.9 cm³/mol. The van der Waals surface area contributed by atoms with Crippen molar-refractivity contribution >= 4 is 0 Å². The molecular weight excluding hydrogens is 185 g/mol. The maximum Gasteiger partial charge on any atom is 0.272 e. The van der Waals surface area contributed by atoms with Crippen molar-refractivity contribution in [2.24, 2.45) is 0 Å². The van der Waals surface area contributed by atoms with Gasteiger partial charge in [0.1, 0.15) is 5.82 Å². The molecule has 2 heterocycles. The first-order valence-corrected chi connectivity index (χ1v) is 4.07. The number of hydrogen-bond donors (Lipinski definition) is 1. The average Bonchev–Trinajstić information content (AvgIpc) is 2.47. The van der Waals surface area contributed by atoms with Crippen LogP contribution in [0.15, 0.2) is 29.2 Å². The molecule has 5 heteroatoms. The van der Waals surface area contributed by atoms with E-state index in [9.17, 15) is 9.18 Å². The lowest BCUT2D eigenvalue weighted by atomic mass is 10.4. The molecule has 0 aliphatic carbocycles. The number of pyridine rings is 1. The lowest BCUT2D eigenvalue weighted by molar-refractivity contribution is 0.618. The highest BCUT2D eigenvalue weighted by atomic mass is 19.1. The first-order chi connectivity index (χ1) is 6.66. The number of nitrogens with one attached hydrogen (secondary N) is 1. The highest BCUT2D eigenvalue weighted by Gasteiger charge is 2.03. The average molecular weight is 193 g/mol. The zero-order valence-corrected chi connectivity index (χ0v) is 7.49. The summed E-state index contributed by atoms with van der Waals surface area (Å²) in [5.41, 5.74) is 0.530. The molecule has 14 heavy (non-hydrogen) atoms. The van der Waals surface area contributed by atoms with Crippen LogP contribution in [0.1, 0.15) is 5.69 Å². The van der Waals surface area contributed by atoms with Crippen LogP contribution in [0.2, 0.25) is 0 Å². The minimum atomic E-state index is -0.426. The molecule has 4 nitrogen and oxygen atoms in total. The first kappa shape index (κ1) is 8.68. The Bertz CT molecular complexity index is 498. The van der Waals surface area contributed by atoms with Gasteiger partial charge in [-0.3, -0.25) is 9.89 Å². The fraction of sp³-hybridized carbons (Fsp3) is 0.111. The number of rotatable bonds is 1. The van der Waals surface area contributed by atoms with Gasteiger partial charge in [-0.1, -0.05) is 0 Å². The van der Waals surface area contributed by atoms with E-state index >= 15 is 0 Å². The van der Waals surface area contributed by atoms with Gasteiger partial charge in [-0.05, 0) is 19.1 Å². The van der Waals surface area contributed by atoms with E-state index in [0.717, 1.165) is 11.9 Å². The summed E-state index contributed by atoms with van der Waals surface area (Å²) in [5.74, 6) is -0.0467. The molecule has 0 saturated heterocycles. The van der Waals surface area contributed by atoms with Crippen molar-refractivity contribution in [3.8, 4) is 5.82 Å². The Kier molecular flexibility index (Phi) is 1.92. The van der Waals surface area contributed by atoms with Crippen LogP contribution >= 0.6 is 0 Å². The summed E-state index contributed by atoms with van der Waals surface area (Å²) in [5, 5.41) is 2.80. The van der Waals surface area contributed by atoms with Crippen molar-refractivity contribution in [1.29, 1.82) is 0 Å². The molecule has 0 aliphatic heterocycles. The highest BCUT2D eigenvalue weighted by Crippen LogP contribution is 2.01. The topological polar surface area (TPSA) is 50.7 Å². The molecule has 0 radical (unpaired) electrons. The normalized spacial score (nSPS) is 10.4. The van der Waals surface area contributed by atoms with Crippen LogP contribution in [-0.4, -0.2) is 14.8 Å². The Morgan fingerprint density at radius 3 is 2.79 bits per heavy atom. The van der Waals surface area contributed by atoms with Gasteiger partial charge in [0.05, 0.1) is 6.20 Å². The van der Waals surface area contributed by atoms with Crippen LogP contribution in [0.25, 0.3) is 5.82 Å². The molecule has 0 fully saturated rings. The maximum absolute atomic E-state index is 12.5. The lowest BCUT2D eigenvalue weighted by Gasteiger charge is -1.98. The number of aromatic nitrogens is 3. The van der Waals surface area contributed by atoms with Gasteiger partial charge in [0.2, 0.25) is 0 Å². The summed E-state index contributed by atoms with van der Waals surface area (Å²) in [6.45, 7) is 1.77. The maximum atomic E-state index is 12.5. The SMILES string of the molecule is Cc1cc(=O)n(-c2ccc(F)cn2)[nH]1. The number of aryl methyl sites for hydroxylation is 1. The van der Waals surface area contributed by atoms with Gasteiger partial charge in [0.25, 0.3) is 5.56 Å². The summed E-state index contributed by atoms with van der Waals surface area (Å²) < 4.78 is 13.8. The predicted octanol–water partition coefficient (Wildman–Crippen LogP) is 1.01. The van der Waals surface area contributed by atoms with Crippen molar-refractivity contribution in [3.63, 3.8) is 0 Å². The quantitative estimate of drug-likeness (QED) is 0.734. The van der Waals surface area contributed by atoms with E-state index in [2.05, 4.69) is 10.1 Å². The molecule has 0 bridgehead atoms. The Morgan fingerprint density at radius 1 is 1.50 bits per heavy atom. The van der Waals surface area contributed by atoms with Crippen LogP contribution in [0.3, 0.4) is 0 Å². The van der Waals surface area contributed by atoms with Crippen LogP contribution in [0.4, 0.5) is 4.39 Å². The van der Waals surface area contributed by atoms with Gasteiger partial charge in [0.15, 0.2) is 5.82 Å². The molecule has 2 aromatic rings. The second kappa shape index (κ2) is 3.10. The first-order valence-electron chi connectivity index (χ1n) is 4.07. The van der Waals surface area contributed by atoms with Crippen LogP contribution in [0, 0.1) is 12.7 Å². The van der Waals surface area contributed by atoms with Crippen LogP contribution in [0.5, 0.6) is 0 Å². The molecule has 0 spiro atoms. The largest absolute Gasteiger partial charge is 0.294 e. The molecule has 2 rings (SSSR count). The second-order valence-corrected chi connectivity index (χ2v) is 2.95. The third kappa shape index (κ3) is 1.44. The van der Waals surface area contributed by atoms with Crippen LogP contribution in [-0.2, 0) is 0 Å². The minimum Gasteiger partial charge on any atom is -0.294 e. The van der Waals surface area contributed by atoms with Crippen molar-refractivity contribution in [3.05, 3.63) is 46.3 Å². The smallest absolute Gasteiger partial charge is 0.272 e. The summed E-state index contributed by atoms with van der Waals surface area (Å²) >= 11 is 0. The zero-order valence-electron chi connectivity index (χ0n) is 7.49. The van der Waals surface area contributed by atoms with Gasteiger partial charge >= 0.3 is 0 Å². The van der Waals surface area contributed by atoms with Crippen molar-refractivity contribution in [2.75, 3.05) is 0 Å². The highest BCUT2D eigenvalue weighted by molar-refractivity contribution is 5.21. The molecule has 0 aliphatic rings. The molecule has 2 aromatic heterocycles. The van der Waals surface area contributed by atoms with E-state index < -0.39 is 5.82 Å². The fourth-order valence-corrected chi connectivity index (χ4v) is 1.18. The Hall–Kier alpha value is -1.91. The summed E-state index contributed by atoms with van der Waals surface area (Å²) in [4.78, 5) is 15.1. The zero-order chi connectivity index (χ0) is 10.1. The van der Waals surface area contributed by atoms with Gasteiger partial charge < -0.3 is 0 Å². The van der Waals surface area contributed by atoms with E-state index in [-0.39, 0.29) is 5.56 Å². The van der Waals surface area contributed by atoms with Gasteiger partial charge in [0, 0.05) is 11.8 Å². The van der Waals surface area contributed by atoms with E-state index in [1.165, 1.54) is 22.9 Å². The number of hydrogen-bond acceptors (Lipinski definition) is 2. The Morgan fingerprint density at radius 2 is 2.29 bits per heavy atom. The standard InChI is InChI=1S/C9H8FN3O/c1-6-4-9(14)13(12-6)8-3-2-7(10)5-11-8/h2-5,12H,1H3. The van der Waals surface area contributed by atoms with E-state index in [0.29, 0.717) is 5.82 Å². The van der Waals surface area contributed by atoms with Gasteiger partial charge in [-0.2, -0.15) is 0 Å². The molecule has 0 atom stereocenters. The number of nitrogens with zero attached hydrogens (tertiary/aromatic N) is 2. The fourth-order valence-electron chi connectivity index (χ4n) is 1.18. The summed E-state index contributed by atoms with van der Waals surface area (Å²) in [6, 6.07) is 4.14. The molecule has 0 amide bonds. The third-order valence-electron chi connectivity index (χ3n) is 1.79. The number of aromatic amines is 1. The molecular formula is C9H8FN3O. The van der Waals surface area contributed by atoms with Crippen molar-refractivity contribution < 1.29 is 4.39 Å². The number of H-pyrrole nitrogens is 1. The molecule has 0 aromatic carbocycles. The van der Waals surface area contributed by atoms with Crippen molar-refractivity contribution in [2.45, 2.75) is 6.92 Å². The Labute approximate surface area is 79.0 Å². The van der Waals surface area contributed by atoms with E-state index in [1.54, 1.807) is 6.92 Å². The molecule has 0 saturated carbocycles. The van der Waals surface area contributed by atoms with Crippen LogP contribution < -0.4 is 5.56 Å². The molecule has 72 valence electrons. The number of halogens is 1. The van der Waals surface area contributed by atoms with E-state index in [1.807, 2.05) is 0 Å².